The zero-order chi connectivity index (χ0) is 21.2. The second-order valence-corrected chi connectivity index (χ2v) is 15.1. The third-order valence-electron chi connectivity index (χ3n) is 3.88. The first-order chi connectivity index (χ1) is 13.2. The minimum atomic E-state index is -3.30. The third-order valence-corrected chi connectivity index (χ3v) is 7.56. The molecule has 1 aromatic carbocycles. The van der Waals surface area contributed by atoms with Gasteiger partial charge in [-0.3, -0.25) is 4.79 Å². The SMILES string of the molecule is CCCCOc1cc(/C=C/C(=O)O)ccc1OC(=O)C(CCCC)[Si](Cl)(Cl)Cl. The summed E-state index contributed by atoms with van der Waals surface area (Å²) in [4.78, 5) is 23.4. The minimum absolute atomic E-state index is 0.221. The lowest BCUT2D eigenvalue weighted by molar-refractivity contribution is -0.134. The lowest BCUT2D eigenvalue weighted by atomic mass is 10.1. The molecule has 9 heteroatoms. The van der Waals surface area contributed by atoms with Gasteiger partial charge in [-0.25, -0.2) is 4.79 Å². The lowest BCUT2D eigenvalue weighted by Crippen LogP contribution is -2.30. The number of ether oxygens (including phenoxy) is 2. The Bertz CT molecular complexity index is 689. The Hall–Kier alpha value is -1.21. The van der Waals surface area contributed by atoms with Crippen LogP contribution in [0.3, 0.4) is 0 Å². The molecule has 1 rings (SSSR count). The number of hydrogen-bond donors (Lipinski definition) is 1. The van der Waals surface area contributed by atoms with Gasteiger partial charge >= 0.3 is 17.9 Å². The summed E-state index contributed by atoms with van der Waals surface area (Å²) in [6.07, 6.45) is 6.28. The van der Waals surface area contributed by atoms with Gasteiger partial charge in [-0.05, 0) is 36.6 Å². The highest BCUT2D eigenvalue weighted by Gasteiger charge is 2.43. The van der Waals surface area contributed by atoms with E-state index in [2.05, 4.69) is 0 Å². The first-order valence-electron chi connectivity index (χ1n) is 9.15. The summed E-state index contributed by atoms with van der Waals surface area (Å²) < 4.78 is 11.2. The van der Waals surface area contributed by atoms with Crippen LogP contribution in [0.15, 0.2) is 24.3 Å². The van der Waals surface area contributed by atoms with E-state index in [0.29, 0.717) is 24.3 Å². The van der Waals surface area contributed by atoms with E-state index in [1.807, 2.05) is 13.8 Å². The van der Waals surface area contributed by atoms with E-state index in [0.717, 1.165) is 31.8 Å². The molecule has 0 saturated carbocycles. The number of hydrogen-bond acceptors (Lipinski definition) is 4. The van der Waals surface area contributed by atoms with Crippen LogP contribution in [0, 0.1) is 0 Å². The zero-order valence-corrected chi connectivity index (χ0v) is 19.2. The van der Waals surface area contributed by atoms with Crippen molar-refractivity contribution in [1.82, 2.24) is 0 Å². The molecule has 1 aromatic rings. The maximum absolute atomic E-state index is 12.7. The summed E-state index contributed by atoms with van der Waals surface area (Å²) in [5, 5.41) is 8.78. The van der Waals surface area contributed by atoms with Gasteiger partial charge in [0.05, 0.1) is 12.1 Å². The standard InChI is InChI=1S/C19H25Cl3O5Si/c1-3-5-7-17(28(20,21)22)19(25)27-15-10-8-14(9-11-18(23)24)13-16(15)26-12-6-4-2/h8-11,13,17H,3-7,12H2,1-2H3,(H,23,24)/b11-9+. The molecule has 0 aromatic heterocycles. The van der Waals surface area contributed by atoms with Crippen molar-refractivity contribution in [3.63, 3.8) is 0 Å². The number of rotatable bonds is 12. The van der Waals surface area contributed by atoms with Crippen molar-refractivity contribution >= 4 is 57.3 Å². The van der Waals surface area contributed by atoms with Crippen molar-refractivity contribution in [3.8, 4) is 11.5 Å². The number of carbonyl (C=O) groups excluding carboxylic acids is 1. The van der Waals surface area contributed by atoms with Crippen molar-refractivity contribution in [1.29, 1.82) is 0 Å². The second-order valence-electron chi connectivity index (χ2n) is 6.24. The number of aliphatic carboxylic acids is 1. The Morgan fingerprint density at radius 1 is 1.14 bits per heavy atom. The van der Waals surface area contributed by atoms with Gasteiger partial charge in [0, 0.05) is 6.08 Å². The van der Waals surface area contributed by atoms with Crippen molar-refractivity contribution in [2.45, 2.75) is 51.5 Å². The summed E-state index contributed by atoms with van der Waals surface area (Å²) in [7, 11) is 0. The van der Waals surface area contributed by atoms with Gasteiger partial charge in [-0.15, -0.1) is 33.2 Å². The van der Waals surface area contributed by atoms with E-state index < -0.39 is 23.5 Å². The highest BCUT2D eigenvalue weighted by Crippen LogP contribution is 2.40. The molecule has 1 N–H and O–H groups in total. The highest BCUT2D eigenvalue weighted by molar-refractivity contribution is 7.65. The molecule has 156 valence electrons. The van der Waals surface area contributed by atoms with Crippen LogP contribution < -0.4 is 9.47 Å². The number of carboxylic acids is 1. The predicted octanol–water partition coefficient (Wildman–Crippen LogP) is 6.08. The molecule has 0 radical (unpaired) electrons. The van der Waals surface area contributed by atoms with Crippen LogP contribution >= 0.6 is 33.2 Å². The van der Waals surface area contributed by atoms with Crippen molar-refractivity contribution < 1.29 is 24.2 Å². The minimum Gasteiger partial charge on any atom is -0.490 e. The van der Waals surface area contributed by atoms with E-state index in [1.54, 1.807) is 18.2 Å². The van der Waals surface area contributed by atoms with E-state index in [-0.39, 0.29) is 5.75 Å². The van der Waals surface area contributed by atoms with Gasteiger partial charge in [0.25, 0.3) is 0 Å². The molecule has 0 aliphatic carbocycles. The van der Waals surface area contributed by atoms with Gasteiger partial charge in [0.2, 0.25) is 0 Å². The maximum atomic E-state index is 12.7. The predicted molar refractivity (Wildman–Crippen MR) is 116 cm³/mol. The van der Waals surface area contributed by atoms with Gasteiger partial charge in [-0.1, -0.05) is 39.2 Å². The Morgan fingerprint density at radius 2 is 1.82 bits per heavy atom. The summed E-state index contributed by atoms with van der Waals surface area (Å²) >= 11 is 18.3. The Balaban J connectivity index is 3.07. The van der Waals surface area contributed by atoms with Crippen LogP contribution in [0.25, 0.3) is 6.08 Å². The van der Waals surface area contributed by atoms with Crippen LogP contribution in [0.4, 0.5) is 0 Å². The zero-order valence-electron chi connectivity index (χ0n) is 15.9. The monoisotopic (exact) mass is 466 g/mol. The molecule has 0 aliphatic heterocycles. The number of halogens is 3. The number of esters is 1. The fraction of sp³-hybridized carbons (Fsp3) is 0.474. The van der Waals surface area contributed by atoms with Crippen LogP contribution in [0.2, 0.25) is 5.54 Å². The van der Waals surface area contributed by atoms with E-state index >= 15 is 0 Å². The molecule has 1 atom stereocenters. The topological polar surface area (TPSA) is 72.8 Å². The average Bonchev–Trinajstić information content (AvgIpc) is 2.61. The first kappa shape index (κ1) is 24.8. The molecule has 28 heavy (non-hydrogen) atoms. The second kappa shape index (κ2) is 12.4. The van der Waals surface area contributed by atoms with Gasteiger partial charge in [-0.2, -0.15) is 0 Å². The van der Waals surface area contributed by atoms with Crippen LogP contribution in [-0.4, -0.2) is 29.7 Å². The molecular weight excluding hydrogens is 443 g/mol. The molecule has 0 bridgehead atoms. The Labute approximate surface area is 180 Å². The molecule has 1 unspecified atom stereocenters. The average molecular weight is 468 g/mol. The Kier molecular flexibility index (Phi) is 11.0. The molecule has 5 nitrogen and oxygen atoms in total. The van der Waals surface area contributed by atoms with Gasteiger partial charge in [0.1, 0.15) is 0 Å². The molecule has 0 heterocycles. The van der Waals surface area contributed by atoms with Crippen molar-refractivity contribution in [2.75, 3.05) is 6.61 Å². The fourth-order valence-corrected chi connectivity index (χ4v) is 4.96. The number of benzene rings is 1. The molecule has 0 saturated heterocycles. The summed E-state index contributed by atoms with van der Waals surface area (Å²) in [6, 6.07) is 1.50. The first-order valence-corrected chi connectivity index (χ1v) is 14.3. The van der Waals surface area contributed by atoms with Crippen molar-refractivity contribution in [2.24, 2.45) is 0 Å². The van der Waals surface area contributed by atoms with Crippen molar-refractivity contribution in [3.05, 3.63) is 29.8 Å². The van der Waals surface area contributed by atoms with E-state index in [1.165, 1.54) is 6.08 Å². The van der Waals surface area contributed by atoms with E-state index in [4.69, 9.17) is 47.8 Å². The third kappa shape index (κ3) is 8.86. The fourth-order valence-electron chi connectivity index (χ4n) is 2.32. The maximum Gasteiger partial charge on any atom is 0.355 e. The normalized spacial score (nSPS) is 12.8. The molecule has 0 fully saturated rings. The van der Waals surface area contributed by atoms with Crippen LogP contribution in [0.5, 0.6) is 11.5 Å². The summed E-state index contributed by atoms with van der Waals surface area (Å²) in [6.45, 7) is 4.46. The molecule has 0 spiro atoms. The summed E-state index contributed by atoms with van der Waals surface area (Å²) in [5.74, 6) is -1.09. The summed E-state index contributed by atoms with van der Waals surface area (Å²) in [5.41, 5.74) is -0.167. The molecule has 0 amide bonds. The quantitative estimate of drug-likeness (QED) is 0.101. The van der Waals surface area contributed by atoms with Crippen LogP contribution in [-0.2, 0) is 9.59 Å². The number of carboxylic acid groups (broad SMARTS) is 1. The molecule has 0 aliphatic rings. The smallest absolute Gasteiger partial charge is 0.355 e. The number of carbonyl (C=O) groups is 2. The number of unbranched alkanes of at least 4 members (excludes halogenated alkanes) is 2. The van der Waals surface area contributed by atoms with Crippen LogP contribution in [0.1, 0.15) is 51.5 Å². The van der Waals surface area contributed by atoms with Gasteiger partial charge in [0.15, 0.2) is 11.5 Å². The molecular formula is C19H25Cl3O5Si. The largest absolute Gasteiger partial charge is 0.490 e. The Morgan fingerprint density at radius 3 is 2.39 bits per heavy atom. The van der Waals surface area contributed by atoms with Gasteiger partial charge < -0.3 is 14.6 Å². The lowest BCUT2D eigenvalue weighted by Gasteiger charge is -2.21. The van der Waals surface area contributed by atoms with E-state index in [9.17, 15) is 9.59 Å². The highest BCUT2D eigenvalue weighted by atomic mass is 35.8.